The standard InChI is InChI=1S/C16H19BrF2N4OS/c1-4-23-8-11(17)13(21-23)9-22(3)16(25)20-12-7-10(2)5-6-14(12)24-15(18)19/h5-8,15H,4,9H2,1-3H3,(H,20,25). The van der Waals surface area contributed by atoms with Crippen LogP contribution in [0.3, 0.4) is 0 Å². The zero-order valence-corrected chi connectivity index (χ0v) is 16.5. The molecule has 0 bridgehead atoms. The number of alkyl halides is 2. The number of hydrogen-bond acceptors (Lipinski definition) is 3. The summed E-state index contributed by atoms with van der Waals surface area (Å²) in [5.74, 6) is 0.0489. The summed E-state index contributed by atoms with van der Waals surface area (Å²) in [4.78, 5) is 1.77. The Kier molecular flexibility index (Phi) is 6.71. The maximum Gasteiger partial charge on any atom is 0.387 e. The molecule has 2 rings (SSSR count). The fourth-order valence-electron chi connectivity index (χ4n) is 2.15. The Morgan fingerprint density at radius 1 is 1.48 bits per heavy atom. The summed E-state index contributed by atoms with van der Waals surface area (Å²) >= 11 is 8.85. The van der Waals surface area contributed by atoms with Crippen molar-refractivity contribution >= 4 is 38.9 Å². The minimum Gasteiger partial charge on any atom is -0.433 e. The van der Waals surface area contributed by atoms with Gasteiger partial charge in [-0.2, -0.15) is 13.9 Å². The van der Waals surface area contributed by atoms with Crippen LogP contribution in [0.25, 0.3) is 0 Å². The van der Waals surface area contributed by atoms with Crippen LogP contribution in [0, 0.1) is 6.92 Å². The molecule has 0 aliphatic heterocycles. The van der Waals surface area contributed by atoms with E-state index in [9.17, 15) is 8.78 Å². The lowest BCUT2D eigenvalue weighted by molar-refractivity contribution is -0.0493. The number of thiocarbonyl (C=S) groups is 1. The van der Waals surface area contributed by atoms with Crippen molar-refractivity contribution < 1.29 is 13.5 Å². The lowest BCUT2D eigenvalue weighted by Gasteiger charge is -2.21. The Bertz CT molecular complexity index is 754. The molecule has 0 radical (unpaired) electrons. The number of nitrogens with zero attached hydrogens (tertiary/aromatic N) is 3. The van der Waals surface area contributed by atoms with E-state index in [-0.39, 0.29) is 5.75 Å². The van der Waals surface area contributed by atoms with Crippen molar-refractivity contribution in [1.29, 1.82) is 0 Å². The molecule has 1 heterocycles. The van der Waals surface area contributed by atoms with Crippen molar-refractivity contribution in [2.45, 2.75) is 33.5 Å². The predicted molar refractivity (Wildman–Crippen MR) is 101 cm³/mol. The van der Waals surface area contributed by atoms with Gasteiger partial charge in [0.05, 0.1) is 22.4 Å². The summed E-state index contributed by atoms with van der Waals surface area (Å²) in [5, 5.41) is 7.79. The molecule has 0 fully saturated rings. The molecule has 0 saturated heterocycles. The topological polar surface area (TPSA) is 42.3 Å². The zero-order chi connectivity index (χ0) is 18.6. The molecule has 9 heteroatoms. The molecular formula is C16H19BrF2N4OS. The first-order valence-corrected chi connectivity index (χ1v) is 8.79. The van der Waals surface area contributed by atoms with Gasteiger partial charge in [0.25, 0.3) is 0 Å². The third-order valence-corrected chi connectivity index (χ3v) is 4.51. The number of rotatable bonds is 6. The molecule has 0 amide bonds. The molecule has 0 spiro atoms. The first-order chi connectivity index (χ1) is 11.8. The molecule has 0 unspecified atom stereocenters. The van der Waals surface area contributed by atoms with Gasteiger partial charge in [-0.05, 0) is 59.7 Å². The number of halogens is 3. The second kappa shape index (κ2) is 8.57. The molecule has 1 aromatic heterocycles. The third kappa shape index (κ3) is 5.37. The number of benzene rings is 1. The van der Waals surface area contributed by atoms with Crippen LogP contribution in [0.15, 0.2) is 28.9 Å². The van der Waals surface area contributed by atoms with E-state index in [1.54, 1.807) is 24.1 Å². The quantitative estimate of drug-likeness (QED) is 0.684. The van der Waals surface area contributed by atoms with E-state index >= 15 is 0 Å². The minimum atomic E-state index is -2.90. The van der Waals surface area contributed by atoms with Gasteiger partial charge in [-0.1, -0.05) is 6.07 Å². The molecule has 0 aliphatic rings. The molecule has 5 nitrogen and oxygen atoms in total. The Morgan fingerprint density at radius 2 is 2.20 bits per heavy atom. The zero-order valence-electron chi connectivity index (χ0n) is 14.1. The number of ether oxygens (including phenoxy) is 1. The molecule has 2 aromatic rings. The average molecular weight is 433 g/mol. The summed E-state index contributed by atoms with van der Waals surface area (Å²) in [6.07, 6.45) is 1.90. The van der Waals surface area contributed by atoms with Crippen LogP contribution in [-0.4, -0.2) is 33.5 Å². The van der Waals surface area contributed by atoms with Crippen LogP contribution in [0.4, 0.5) is 14.5 Å². The summed E-state index contributed by atoms with van der Waals surface area (Å²) < 4.78 is 32.4. The highest BCUT2D eigenvalue weighted by Crippen LogP contribution is 2.27. The molecule has 1 N–H and O–H groups in total. The van der Waals surface area contributed by atoms with Gasteiger partial charge >= 0.3 is 6.61 Å². The van der Waals surface area contributed by atoms with Gasteiger partial charge in [0, 0.05) is 19.8 Å². The average Bonchev–Trinajstić information content (AvgIpc) is 2.89. The van der Waals surface area contributed by atoms with E-state index in [2.05, 4.69) is 31.1 Å². The van der Waals surface area contributed by atoms with Gasteiger partial charge < -0.3 is 15.0 Å². The summed E-state index contributed by atoms with van der Waals surface area (Å²) in [7, 11) is 1.80. The van der Waals surface area contributed by atoms with Crippen molar-refractivity contribution in [1.82, 2.24) is 14.7 Å². The van der Waals surface area contributed by atoms with E-state index in [1.807, 2.05) is 24.7 Å². The molecule has 0 aliphatic carbocycles. The first kappa shape index (κ1) is 19.6. The predicted octanol–water partition coefficient (Wildman–Crippen LogP) is 4.40. The second-order valence-corrected chi connectivity index (χ2v) is 6.68. The van der Waals surface area contributed by atoms with Crippen LogP contribution < -0.4 is 10.1 Å². The van der Waals surface area contributed by atoms with E-state index in [0.717, 1.165) is 22.3 Å². The number of hydrogen-bond donors (Lipinski definition) is 1. The van der Waals surface area contributed by atoms with Crippen LogP contribution >= 0.6 is 28.1 Å². The molecule has 136 valence electrons. The van der Waals surface area contributed by atoms with Crippen molar-refractivity contribution in [3.63, 3.8) is 0 Å². The molecule has 1 aromatic carbocycles. The minimum absolute atomic E-state index is 0.0489. The van der Waals surface area contributed by atoms with Crippen LogP contribution in [0.1, 0.15) is 18.2 Å². The van der Waals surface area contributed by atoms with E-state index < -0.39 is 6.61 Å². The molecular weight excluding hydrogens is 414 g/mol. The molecule has 25 heavy (non-hydrogen) atoms. The summed E-state index contributed by atoms with van der Waals surface area (Å²) in [6, 6.07) is 4.90. The van der Waals surface area contributed by atoms with Gasteiger partial charge in [0.15, 0.2) is 5.11 Å². The Hall–Kier alpha value is -1.74. The number of nitrogens with one attached hydrogen (secondary N) is 1. The maximum atomic E-state index is 12.6. The van der Waals surface area contributed by atoms with Gasteiger partial charge in [-0.15, -0.1) is 0 Å². The second-order valence-electron chi connectivity index (χ2n) is 5.44. The number of anilines is 1. The van der Waals surface area contributed by atoms with Gasteiger partial charge in [0.1, 0.15) is 5.75 Å². The summed E-state index contributed by atoms with van der Waals surface area (Å²) in [6.45, 7) is 2.20. The van der Waals surface area contributed by atoms with Crippen molar-refractivity contribution in [2.24, 2.45) is 0 Å². The highest BCUT2D eigenvalue weighted by atomic mass is 79.9. The lowest BCUT2D eigenvalue weighted by Crippen LogP contribution is -2.31. The third-order valence-electron chi connectivity index (χ3n) is 3.44. The number of aryl methyl sites for hydroxylation is 2. The largest absolute Gasteiger partial charge is 0.433 e. The van der Waals surface area contributed by atoms with Crippen LogP contribution in [0.5, 0.6) is 5.75 Å². The van der Waals surface area contributed by atoms with Crippen molar-refractivity contribution in [3.05, 3.63) is 40.1 Å². The molecule has 0 saturated carbocycles. The SMILES string of the molecule is CCn1cc(Br)c(CN(C)C(=S)Nc2cc(C)ccc2OC(F)F)n1. The van der Waals surface area contributed by atoms with Gasteiger partial charge in [-0.25, -0.2) is 0 Å². The van der Waals surface area contributed by atoms with Crippen LogP contribution in [0.2, 0.25) is 0 Å². The first-order valence-electron chi connectivity index (χ1n) is 7.59. The van der Waals surface area contributed by atoms with E-state index in [4.69, 9.17) is 12.2 Å². The highest BCUT2D eigenvalue weighted by Gasteiger charge is 2.15. The van der Waals surface area contributed by atoms with E-state index in [0.29, 0.717) is 17.3 Å². The van der Waals surface area contributed by atoms with Gasteiger partial charge in [0.2, 0.25) is 0 Å². The normalized spacial score (nSPS) is 10.8. The van der Waals surface area contributed by atoms with Crippen molar-refractivity contribution in [3.8, 4) is 5.75 Å². The number of aromatic nitrogens is 2. The summed E-state index contributed by atoms with van der Waals surface area (Å²) in [5.41, 5.74) is 2.14. The monoisotopic (exact) mass is 432 g/mol. The smallest absolute Gasteiger partial charge is 0.387 e. The van der Waals surface area contributed by atoms with Crippen molar-refractivity contribution in [2.75, 3.05) is 12.4 Å². The fraction of sp³-hybridized carbons (Fsp3) is 0.375. The van der Waals surface area contributed by atoms with Gasteiger partial charge in [-0.3, -0.25) is 4.68 Å². The lowest BCUT2D eigenvalue weighted by atomic mass is 10.2. The Morgan fingerprint density at radius 3 is 2.80 bits per heavy atom. The fourth-order valence-corrected chi connectivity index (χ4v) is 2.77. The maximum absolute atomic E-state index is 12.6. The van der Waals surface area contributed by atoms with Crippen LogP contribution in [-0.2, 0) is 13.1 Å². The Labute approximate surface area is 159 Å². The molecule has 0 atom stereocenters. The Balaban J connectivity index is 2.10. The highest BCUT2D eigenvalue weighted by molar-refractivity contribution is 9.10. The van der Waals surface area contributed by atoms with E-state index in [1.165, 1.54) is 6.07 Å².